The second kappa shape index (κ2) is 9.78. The van der Waals surface area contributed by atoms with E-state index in [1.165, 1.54) is 41.2 Å². The lowest BCUT2D eigenvalue weighted by atomic mass is 9.98. The maximum Gasteiger partial charge on any atom is 0.255 e. The van der Waals surface area contributed by atoms with Crippen LogP contribution in [0.3, 0.4) is 0 Å². The Morgan fingerprint density at radius 1 is 1.05 bits per heavy atom. The third kappa shape index (κ3) is 4.32. The van der Waals surface area contributed by atoms with Crippen LogP contribution in [0.25, 0.3) is 44.0 Å². The van der Waals surface area contributed by atoms with Crippen LogP contribution in [-0.2, 0) is 10.0 Å². The Labute approximate surface area is 248 Å². The molecule has 3 heterocycles. The Morgan fingerprint density at radius 3 is 2.50 bits per heavy atom. The topological polar surface area (TPSA) is 105 Å². The molecule has 8 nitrogen and oxygen atoms in total. The summed E-state index contributed by atoms with van der Waals surface area (Å²) < 4.78 is 33.1. The van der Waals surface area contributed by atoms with Crippen molar-refractivity contribution in [2.45, 2.75) is 38.0 Å². The molecule has 7 rings (SSSR count). The van der Waals surface area contributed by atoms with E-state index in [0.717, 1.165) is 33.5 Å². The SMILES string of the molecule is CNC(=O)c1c(-c2ccc(C)cc2)oc2cc(N(C)S(C)(=O)=O)c(-c3cncc(-c4nc5c(s4)C4CCC5C4)c3)cc12. The van der Waals surface area contributed by atoms with E-state index in [9.17, 15) is 13.2 Å². The van der Waals surface area contributed by atoms with E-state index in [-0.39, 0.29) is 5.91 Å². The van der Waals surface area contributed by atoms with Gasteiger partial charge < -0.3 is 9.73 Å². The van der Waals surface area contributed by atoms with Gasteiger partial charge >= 0.3 is 0 Å². The number of carbonyl (C=O) groups excluding carboxylic acids is 1. The number of nitrogens with zero attached hydrogens (tertiary/aromatic N) is 3. The lowest BCUT2D eigenvalue weighted by molar-refractivity contribution is 0.0964. The van der Waals surface area contributed by atoms with Gasteiger partial charge in [-0.3, -0.25) is 14.1 Å². The number of sulfonamides is 1. The quantitative estimate of drug-likeness (QED) is 0.233. The number of fused-ring (bicyclic) bond motifs is 6. The second-order valence-corrected chi connectivity index (χ2v) is 14.3. The largest absolute Gasteiger partial charge is 0.455 e. The van der Waals surface area contributed by atoms with Crippen LogP contribution in [0, 0.1) is 6.92 Å². The molecule has 10 heteroatoms. The van der Waals surface area contributed by atoms with E-state index < -0.39 is 10.0 Å². The van der Waals surface area contributed by atoms with E-state index in [1.807, 2.05) is 43.3 Å². The van der Waals surface area contributed by atoms with Crippen molar-refractivity contribution in [1.29, 1.82) is 0 Å². The molecule has 0 spiro atoms. The molecule has 2 bridgehead atoms. The third-order valence-electron chi connectivity index (χ3n) is 8.58. The predicted molar refractivity (Wildman–Crippen MR) is 167 cm³/mol. The van der Waals surface area contributed by atoms with Crippen LogP contribution >= 0.6 is 11.3 Å². The van der Waals surface area contributed by atoms with Crippen LogP contribution in [0.15, 0.2) is 59.3 Å². The van der Waals surface area contributed by atoms with Crippen molar-refractivity contribution in [3.63, 3.8) is 0 Å². The normalized spacial score (nSPS) is 17.5. The average Bonchev–Trinajstić information content (AvgIpc) is 3.76. The van der Waals surface area contributed by atoms with E-state index in [1.54, 1.807) is 36.8 Å². The van der Waals surface area contributed by atoms with Gasteiger partial charge in [-0.25, -0.2) is 13.4 Å². The van der Waals surface area contributed by atoms with Gasteiger partial charge in [-0.2, -0.15) is 0 Å². The summed E-state index contributed by atoms with van der Waals surface area (Å²) in [7, 11) is -0.523. The number of aryl methyl sites for hydroxylation is 1. The highest BCUT2D eigenvalue weighted by atomic mass is 32.2. The predicted octanol–water partition coefficient (Wildman–Crippen LogP) is 6.71. The zero-order valence-corrected chi connectivity index (χ0v) is 25.4. The Bertz CT molecular complexity index is 1970. The minimum Gasteiger partial charge on any atom is -0.455 e. The van der Waals surface area contributed by atoms with Gasteiger partial charge in [-0.15, -0.1) is 11.3 Å². The van der Waals surface area contributed by atoms with Gasteiger partial charge in [0.05, 0.1) is 23.2 Å². The summed E-state index contributed by atoms with van der Waals surface area (Å²) in [6.45, 7) is 1.99. The molecule has 1 N–H and O–H groups in total. The van der Waals surface area contributed by atoms with Gasteiger partial charge in [0.25, 0.3) is 5.91 Å². The minimum atomic E-state index is -3.62. The van der Waals surface area contributed by atoms with Gasteiger partial charge in [-0.05, 0) is 44.2 Å². The fraction of sp³-hybridized carbons (Fsp3) is 0.281. The average molecular weight is 599 g/mol. The van der Waals surface area contributed by atoms with Crippen molar-refractivity contribution < 1.29 is 17.6 Å². The van der Waals surface area contributed by atoms with Gasteiger partial charge in [0.15, 0.2) is 0 Å². The van der Waals surface area contributed by atoms with Gasteiger partial charge in [0, 0.05) is 71.0 Å². The minimum absolute atomic E-state index is 0.293. The number of anilines is 1. The maximum absolute atomic E-state index is 13.2. The Hall–Kier alpha value is -4.02. The molecule has 1 amide bonds. The summed E-state index contributed by atoms with van der Waals surface area (Å²) in [4.78, 5) is 24.2. The van der Waals surface area contributed by atoms with E-state index in [0.29, 0.717) is 45.4 Å². The molecule has 1 fully saturated rings. The molecule has 214 valence electrons. The van der Waals surface area contributed by atoms with Crippen LogP contribution in [0.1, 0.15) is 57.6 Å². The van der Waals surface area contributed by atoms with E-state index in [2.05, 4.69) is 10.3 Å². The molecular weight excluding hydrogens is 569 g/mol. The highest BCUT2D eigenvalue weighted by Crippen LogP contribution is 2.55. The zero-order valence-electron chi connectivity index (χ0n) is 23.8. The lowest BCUT2D eigenvalue weighted by Gasteiger charge is -2.20. The van der Waals surface area contributed by atoms with Crippen molar-refractivity contribution in [2.75, 3.05) is 24.7 Å². The molecule has 2 unspecified atom stereocenters. The number of carbonyl (C=O) groups is 1. The number of amides is 1. The summed E-state index contributed by atoms with van der Waals surface area (Å²) >= 11 is 1.75. The van der Waals surface area contributed by atoms with Crippen molar-refractivity contribution in [3.8, 4) is 33.0 Å². The molecule has 0 radical (unpaired) electrons. The molecule has 42 heavy (non-hydrogen) atoms. The van der Waals surface area contributed by atoms with Crippen molar-refractivity contribution in [1.82, 2.24) is 15.3 Å². The molecule has 1 saturated carbocycles. The van der Waals surface area contributed by atoms with Gasteiger partial charge in [0.2, 0.25) is 10.0 Å². The van der Waals surface area contributed by atoms with E-state index >= 15 is 0 Å². The lowest BCUT2D eigenvalue weighted by Crippen LogP contribution is -2.25. The Kier molecular flexibility index (Phi) is 6.25. The molecule has 2 aliphatic carbocycles. The number of pyridine rings is 1. The number of hydrogen-bond donors (Lipinski definition) is 1. The van der Waals surface area contributed by atoms with Crippen LogP contribution < -0.4 is 9.62 Å². The van der Waals surface area contributed by atoms with Crippen LogP contribution in [-0.4, -0.2) is 44.6 Å². The van der Waals surface area contributed by atoms with Crippen molar-refractivity contribution in [3.05, 3.63) is 76.6 Å². The molecule has 3 aromatic heterocycles. The highest BCUT2D eigenvalue weighted by Gasteiger charge is 2.40. The first-order chi connectivity index (χ1) is 20.1. The number of benzene rings is 2. The van der Waals surface area contributed by atoms with Crippen molar-refractivity contribution in [2.24, 2.45) is 0 Å². The molecular formula is C32H30N4O4S2. The maximum atomic E-state index is 13.2. The van der Waals surface area contributed by atoms with Crippen LogP contribution in [0.2, 0.25) is 0 Å². The molecule has 2 aliphatic rings. The zero-order chi connectivity index (χ0) is 29.3. The fourth-order valence-corrected chi connectivity index (χ4v) is 8.07. The van der Waals surface area contributed by atoms with Gasteiger partial charge in [0.1, 0.15) is 16.4 Å². The van der Waals surface area contributed by atoms with Gasteiger partial charge in [-0.1, -0.05) is 29.8 Å². The fourth-order valence-electron chi connectivity index (χ4n) is 6.29. The molecule has 0 aliphatic heterocycles. The number of hydrogen-bond acceptors (Lipinski definition) is 7. The molecule has 0 saturated heterocycles. The number of aromatic nitrogens is 2. The molecule has 2 aromatic carbocycles. The van der Waals surface area contributed by atoms with Crippen LogP contribution in [0.4, 0.5) is 5.69 Å². The number of nitrogens with one attached hydrogen (secondary N) is 1. The third-order valence-corrected chi connectivity index (χ3v) is 11.1. The molecule has 2 atom stereocenters. The Morgan fingerprint density at radius 2 is 1.79 bits per heavy atom. The standard InChI is InChI=1S/C32H30N4O4S2/c1-17-5-7-18(8-6-17)29-27(31(37)33-2)24-13-23(25(14-26(24)40-29)36(3)42(4,38)39)21-12-22(16-34-15-21)32-35-28-19-9-10-20(11-19)30(28)41-32/h5-8,12-16,19-20H,9-11H2,1-4H3,(H,33,37). The number of thiazole rings is 1. The number of furan rings is 1. The summed E-state index contributed by atoms with van der Waals surface area (Å²) in [5.41, 5.74) is 6.54. The van der Waals surface area contributed by atoms with Crippen molar-refractivity contribution >= 4 is 43.9 Å². The summed E-state index contributed by atoms with van der Waals surface area (Å²) in [6, 6.07) is 13.3. The summed E-state index contributed by atoms with van der Waals surface area (Å²) in [6.07, 6.45) is 8.36. The first kappa shape index (κ1) is 26.9. The first-order valence-electron chi connectivity index (χ1n) is 13.9. The summed E-state index contributed by atoms with van der Waals surface area (Å²) in [5.74, 6) is 1.32. The summed E-state index contributed by atoms with van der Waals surface area (Å²) in [5, 5.41) is 4.25. The Balaban J connectivity index is 1.43. The van der Waals surface area contributed by atoms with E-state index in [4.69, 9.17) is 9.40 Å². The van der Waals surface area contributed by atoms with Crippen LogP contribution in [0.5, 0.6) is 0 Å². The monoisotopic (exact) mass is 598 g/mol. The second-order valence-electron chi connectivity index (χ2n) is 11.3. The molecule has 5 aromatic rings. The number of rotatable bonds is 6. The highest BCUT2D eigenvalue weighted by molar-refractivity contribution is 7.92. The smallest absolute Gasteiger partial charge is 0.255 e. The first-order valence-corrected chi connectivity index (χ1v) is 16.6.